The maximum absolute atomic E-state index is 12.0. The molecule has 0 aliphatic rings. The van der Waals surface area contributed by atoms with Crippen LogP contribution in [0.2, 0.25) is 0 Å². The summed E-state index contributed by atoms with van der Waals surface area (Å²) >= 11 is 5.07. The number of hydrogen-bond acceptors (Lipinski definition) is 2. The fourth-order valence-corrected chi connectivity index (χ4v) is 2.43. The third-order valence-electron chi connectivity index (χ3n) is 2.65. The van der Waals surface area contributed by atoms with Crippen molar-refractivity contribution in [1.29, 1.82) is 0 Å². The Labute approximate surface area is 125 Å². The first kappa shape index (κ1) is 14.1. The van der Waals surface area contributed by atoms with E-state index in [1.165, 1.54) is 4.90 Å². The summed E-state index contributed by atoms with van der Waals surface area (Å²) in [6.45, 7) is 0. The van der Waals surface area contributed by atoms with Crippen LogP contribution in [0, 0.1) is 0 Å². The number of thioether (sulfide) groups is 1. The molecule has 2 rings (SSSR count). The highest BCUT2D eigenvalue weighted by Gasteiger charge is 2.01. The van der Waals surface area contributed by atoms with Gasteiger partial charge in [-0.25, -0.2) is 0 Å². The molecule has 0 aliphatic carbocycles. The number of carbonyl (C=O) groups excluding carboxylic acids is 1. The van der Waals surface area contributed by atoms with Crippen LogP contribution < -0.4 is 0 Å². The van der Waals surface area contributed by atoms with E-state index in [1.54, 1.807) is 17.8 Å². The summed E-state index contributed by atoms with van der Waals surface area (Å²) in [6, 6.07) is 15.5. The highest BCUT2D eigenvalue weighted by molar-refractivity contribution is 9.10. The largest absolute Gasteiger partial charge is 0.289 e. The zero-order valence-corrected chi connectivity index (χ0v) is 12.9. The Morgan fingerprint density at radius 1 is 1.16 bits per heavy atom. The molecule has 1 nitrogen and oxygen atoms in total. The minimum absolute atomic E-state index is 0.00948. The topological polar surface area (TPSA) is 17.1 Å². The Hall–Kier alpha value is -1.32. The second kappa shape index (κ2) is 6.73. The molecule has 0 heterocycles. The molecule has 0 unspecified atom stereocenters. The van der Waals surface area contributed by atoms with E-state index in [4.69, 9.17) is 0 Å². The second-order valence-electron chi connectivity index (χ2n) is 3.98. The van der Waals surface area contributed by atoms with Gasteiger partial charge in [0, 0.05) is 14.9 Å². The number of ketones is 1. The summed E-state index contributed by atoms with van der Waals surface area (Å²) < 4.78 is 0.913. The summed E-state index contributed by atoms with van der Waals surface area (Å²) in [4.78, 5) is 13.2. The Balaban J connectivity index is 2.11. The van der Waals surface area contributed by atoms with Crippen molar-refractivity contribution in [3.63, 3.8) is 0 Å². The first-order chi connectivity index (χ1) is 9.19. The van der Waals surface area contributed by atoms with Crippen molar-refractivity contribution in [2.75, 3.05) is 6.26 Å². The average molecular weight is 333 g/mol. The Morgan fingerprint density at radius 2 is 1.89 bits per heavy atom. The van der Waals surface area contributed by atoms with Crippen LogP contribution in [0.5, 0.6) is 0 Å². The molecular weight excluding hydrogens is 320 g/mol. The molecule has 0 N–H and O–H groups in total. The predicted molar refractivity (Wildman–Crippen MR) is 85.7 cm³/mol. The molecular formula is C16H13BrOS. The van der Waals surface area contributed by atoms with Crippen LogP contribution in [0.4, 0.5) is 0 Å². The van der Waals surface area contributed by atoms with Crippen LogP contribution in [0.3, 0.4) is 0 Å². The lowest BCUT2D eigenvalue weighted by Gasteiger charge is -1.98. The Kier molecular flexibility index (Phi) is 5.00. The maximum Gasteiger partial charge on any atom is 0.185 e. The second-order valence-corrected chi connectivity index (χ2v) is 5.78. The van der Waals surface area contributed by atoms with Crippen molar-refractivity contribution in [3.05, 3.63) is 70.2 Å². The molecule has 0 spiro atoms. The molecule has 2 aromatic rings. The standard InChI is InChI=1S/C16H13BrOS/c1-19-15-8-5-12(6-9-15)7-10-16(18)13-3-2-4-14(17)11-13/h2-11H,1H3. The van der Waals surface area contributed by atoms with Crippen molar-refractivity contribution in [1.82, 2.24) is 0 Å². The molecule has 96 valence electrons. The number of rotatable bonds is 4. The molecule has 0 bridgehead atoms. The molecule has 19 heavy (non-hydrogen) atoms. The van der Waals surface area contributed by atoms with Gasteiger partial charge in [0.15, 0.2) is 5.78 Å². The molecule has 0 amide bonds. The van der Waals surface area contributed by atoms with Gasteiger partial charge in [0.05, 0.1) is 0 Å². The lowest BCUT2D eigenvalue weighted by molar-refractivity contribution is 0.104. The molecule has 0 radical (unpaired) electrons. The van der Waals surface area contributed by atoms with Gasteiger partial charge in [0.25, 0.3) is 0 Å². The molecule has 0 aromatic heterocycles. The molecule has 0 saturated heterocycles. The van der Waals surface area contributed by atoms with Crippen LogP contribution in [-0.2, 0) is 0 Å². The lowest BCUT2D eigenvalue weighted by Crippen LogP contribution is -1.93. The van der Waals surface area contributed by atoms with Crippen LogP contribution in [0.1, 0.15) is 15.9 Å². The molecule has 3 heteroatoms. The summed E-state index contributed by atoms with van der Waals surface area (Å²) in [6.07, 6.45) is 5.49. The van der Waals surface area contributed by atoms with Gasteiger partial charge in [0.2, 0.25) is 0 Å². The number of halogens is 1. The average Bonchev–Trinajstić information content (AvgIpc) is 2.45. The van der Waals surface area contributed by atoms with Gasteiger partial charge < -0.3 is 0 Å². The van der Waals surface area contributed by atoms with E-state index in [9.17, 15) is 4.79 Å². The van der Waals surface area contributed by atoms with E-state index in [-0.39, 0.29) is 5.78 Å². The first-order valence-electron chi connectivity index (χ1n) is 5.81. The summed E-state index contributed by atoms with van der Waals surface area (Å²) in [5.74, 6) is 0.00948. The SMILES string of the molecule is CSc1ccc(C=CC(=O)c2cccc(Br)c2)cc1. The van der Waals surface area contributed by atoms with Gasteiger partial charge in [-0.1, -0.05) is 46.3 Å². The molecule has 0 atom stereocenters. The number of benzene rings is 2. The van der Waals surface area contributed by atoms with Crippen LogP contribution in [0.15, 0.2) is 64.0 Å². The lowest BCUT2D eigenvalue weighted by atomic mass is 10.1. The maximum atomic E-state index is 12.0. The fraction of sp³-hybridized carbons (Fsp3) is 0.0625. The predicted octanol–water partition coefficient (Wildman–Crippen LogP) is 5.07. The Morgan fingerprint density at radius 3 is 2.53 bits per heavy atom. The fourth-order valence-electron chi connectivity index (χ4n) is 1.62. The monoisotopic (exact) mass is 332 g/mol. The van der Waals surface area contributed by atoms with Gasteiger partial charge >= 0.3 is 0 Å². The van der Waals surface area contributed by atoms with Crippen molar-refractivity contribution in [2.45, 2.75) is 4.90 Å². The zero-order chi connectivity index (χ0) is 13.7. The van der Waals surface area contributed by atoms with E-state index in [2.05, 4.69) is 15.9 Å². The third kappa shape index (κ3) is 4.08. The highest BCUT2D eigenvalue weighted by Crippen LogP contribution is 2.16. The number of carbonyl (C=O) groups is 1. The van der Waals surface area contributed by atoms with E-state index in [1.807, 2.05) is 60.9 Å². The van der Waals surface area contributed by atoms with Crippen molar-refractivity contribution < 1.29 is 4.79 Å². The van der Waals surface area contributed by atoms with E-state index < -0.39 is 0 Å². The summed E-state index contributed by atoms with van der Waals surface area (Å²) in [5.41, 5.74) is 1.72. The molecule has 0 aliphatic heterocycles. The van der Waals surface area contributed by atoms with Gasteiger partial charge in [-0.05, 0) is 42.2 Å². The van der Waals surface area contributed by atoms with Gasteiger partial charge in [-0.15, -0.1) is 11.8 Å². The van der Waals surface area contributed by atoms with Gasteiger partial charge in [0.1, 0.15) is 0 Å². The summed E-state index contributed by atoms with van der Waals surface area (Å²) in [7, 11) is 0. The quantitative estimate of drug-likeness (QED) is 0.442. The van der Waals surface area contributed by atoms with Crippen LogP contribution in [-0.4, -0.2) is 12.0 Å². The van der Waals surface area contributed by atoms with Gasteiger partial charge in [-0.2, -0.15) is 0 Å². The highest BCUT2D eigenvalue weighted by atomic mass is 79.9. The van der Waals surface area contributed by atoms with E-state index in [0.29, 0.717) is 5.56 Å². The van der Waals surface area contributed by atoms with E-state index in [0.717, 1.165) is 10.0 Å². The normalized spacial score (nSPS) is 10.8. The number of allylic oxidation sites excluding steroid dienone is 1. The van der Waals surface area contributed by atoms with Crippen molar-refractivity contribution in [3.8, 4) is 0 Å². The number of hydrogen-bond donors (Lipinski definition) is 0. The summed E-state index contributed by atoms with van der Waals surface area (Å²) in [5, 5.41) is 0. The van der Waals surface area contributed by atoms with Crippen molar-refractivity contribution >= 4 is 39.6 Å². The molecule has 2 aromatic carbocycles. The minimum Gasteiger partial charge on any atom is -0.289 e. The molecule has 0 fully saturated rings. The van der Waals surface area contributed by atoms with E-state index >= 15 is 0 Å². The Bertz CT molecular complexity index is 602. The smallest absolute Gasteiger partial charge is 0.185 e. The zero-order valence-electron chi connectivity index (χ0n) is 10.5. The van der Waals surface area contributed by atoms with Gasteiger partial charge in [-0.3, -0.25) is 4.79 Å². The minimum atomic E-state index is 0.00948. The first-order valence-corrected chi connectivity index (χ1v) is 7.83. The molecule has 0 saturated carbocycles. The van der Waals surface area contributed by atoms with Crippen LogP contribution >= 0.6 is 27.7 Å². The third-order valence-corrected chi connectivity index (χ3v) is 3.89. The van der Waals surface area contributed by atoms with Crippen LogP contribution in [0.25, 0.3) is 6.08 Å². The van der Waals surface area contributed by atoms with Crippen molar-refractivity contribution in [2.24, 2.45) is 0 Å².